The third-order valence-corrected chi connectivity index (χ3v) is 1.91. The minimum atomic E-state index is -0.645. The first kappa shape index (κ1) is 11.2. The van der Waals surface area contributed by atoms with Gasteiger partial charge in [0.2, 0.25) is 5.91 Å². The highest BCUT2D eigenvalue weighted by Gasteiger charge is 2.14. The number of carbonyl (C=O) groups is 2. The molecule has 82 valence electrons. The maximum Gasteiger partial charge on any atom is 0.271 e. The fourth-order valence-corrected chi connectivity index (χ4v) is 1.10. The third-order valence-electron chi connectivity index (χ3n) is 1.91. The number of amides is 2. The molecule has 0 aliphatic carbocycles. The van der Waals surface area contributed by atoms with Crippen LogP contribution in [-0.2, 0) is 11.3 Å². The first-order chi connectivity index (χ1) is 7.08. The van der Waals surface area contributed by atoms with Gasteiger partial charge in [-0.25, -0.2) is 0 Å². The zero-order chi connectivity index (χ0) is 11.4. The van der Waals surface area contributed by atoms with Crippen LogP contribution in [0.25, 0.3) is 0 Å². The first-order valence-electron chi connectivity index (χ1n) is 4.75. The van der Waals surface area contributed by atoms with Gasteiger partial charge in [0.1, 0.15) is 0 Å². The summed E-state index contributed by atoms with van der Waals surface area (Å²) in [4.78, 5) is 22.2. The highest BCUT2D eigenvalue weighted by atomic mass is 16.2. The zero-order valence-electron chi connectivity index (χ0n) is 8.78. The molecular formula is C9H14N4O2. The Morgan fingerprint density at radius 2 is 2.20 bits per heavy atom. The quantitative estimate of drug-likeness (QED) is 0.751. The van der Waals surface area contributed by atoms with Gasteiger partial charge < -0.3 is 11.1 Å². The van der Waals surface area contributed by atoms with Crippen molar-refractivity contribution in [1.82, 2.24) is 9.78 Å². The number of nitrogens with zero attached hydrogens (tertiary/aromatic N) is 2. The molecule has 0 spiro atoms. The van der Waals surface area contributed by atoms with Crippen LogP contribution in [0.3, 0.4) is 0 Å². The van der Waals surface area contributed by atoms with E-state index in [0.29, 0.717) is 18.7 Å². The molecule has 0 saturated carbocycles. The molecule has 1 aromatic heterocycles. The summed E-state index contributed by atoms with van der Waals surface area (Å²) in [5.41, 5.74) is 5.60. The summed E-state index contributed by atoms with van der Waals surface area (Å²) in [6.45, 7) is 4.22. The van der Waals surface area contributed by atoms with E-state index in [4.69, 9.17) is 5.73 Å². The monoisotopic (exact) mass is 210 g/mol. The van der Waals surface area contributed by atoms with Gasteiger partial charge in [0.15, 0.2) is 5.69 Å². The summed E-state index contributed by atoms with van der Waals surface area (Å²) in [6.07, 6.45) is 1.93. The van der Waals surface area contributed by atoms with Crippen molar-refractivity contribution < 1.29 is 9.59 Å². The third kappa shape index (κ3) is 2.55. The van der Waals surface area contributed by atoms with Crippen LogP contribution in [0.5, 0.6) is 0 Å². The van der Waals surface area contributed by atoms with Gasteiger partial charge in [-0.3, -0.25) is 14.3 Å². The molecule has 0 unspecified atom stereocenters. The second-order valence-electron chi connectivity index (χ2n) is 3.01. The van der Waals surface area contributed by atoms with E-state index >= 15 is 0 Å². The lowest BCUT2D eigenvalue weighted by molar-refractivity contribution is -0.115. The molecule has 1 heterocycles. The van der Waals surface area contributed by atoms with E-state index in [1.165, 1.54) is 0 Å². The minimum absolute atomic E-state index is 0.0960. The molecule has 15 heavy (non-hydrogen) atoms. The number of aromatic nitrogens is 2. The summed E-state index contributed by atoms with van der Waals surface area (Å²) >= 11 is 0. The standard InChI is InChI=1S/C9H14N4O2/c1-3-7(14)11-6-5-13(4-2)12-8(6)9(10)15/h5H,3-4H2,1-2H3,(H2,10,15)(H,11,14). The molecule has 6 nitrogen and oxygen atoms in total. The van der Waals surface area contributed by atoms with Crippen molar-refractivity contribution in [2.24, 2.45) is 5.73 Å². The average molecular weight is 210 g/mol. The van der Waals surface area contributed by atoms with Gasteiger partial charge in [0, 0.05) is 19.2 Å². The molecule has 2 amide bonds. The molecule has 0 aromatic carbocycles. The number of hydrogen-bond donors (Lipinski definition) is 2. The normalized spacial score (nSPS) is 10.0. The van der Waals surface area contributed by atoms with Gasteiger partial charge in [-0.05, 0) is 6.92 Å². The molecule has 1 rings (SSSR count). The SMILES string of the molecule is CCC(=O)Nc1cn(CC)nc1C(N)=O. The van der Waals surface area contributed by atoms with E-state index in [1.807, 2.05) is 6.92 Å². The highest BCUT2D eigenvalue weighted by molar-refractivity contribution is 6.01. The van der Waals surface area contributed by atoms with Crippen LogP contribution in [0.2, 0.25) is 0 Å². The van der Waals surface area contributed by atoms with Gasteiger partial charge in [0.25, 0.3) is 5.91 Å². The summed E-state index contributed by atoms with van der Waals surface area (Å²) in [5, 5.41) is 6.52. The maximum absolute atomic E-state index is 11.2. The molecule has 0 atom stereocenters. The highest BCUT2D eigenvalue weighted by Crippen LogP contribution is 2.13. The predicted molar refractivity (Wildman–Crippen MR) is 55.3 cm³/mol. The summed E-state index contributed by atoms with van der Waals surface area (Å²) in [7, 11) is 0. The van der Waals surface area contributed by atoms with E-state index in [1.54, 1.807) is 17.8 Å². The molecule has 6 heteroatoms. The molecule has 0 aliphatic heterocycles. The van der Waals surface area contributed by atoms with Crippen molar-refractivity contribution >= 4 is 17.5 Å². The Morgan fingerprint density at radius 3 is 2.67 bits per heavy atom. The fraction of sp³-hybridized carbons (Fsp3) is 0.444. The topological polar surface area (TPSA) is 90.0 Å². The molecular weight excluding hydrogens is 196 g/mol. The molecule has 0 radical (unpaired) electrons. The number of aryl methyl sites for hydroxylation is 1. The van der Waals surface area contributed by atoms with Crippen LogP contribution in [0.4, 0.5) is 5.69 Å². The van der Waals surface area contributed by atoms with E-state index in [2.05, 4.69) is 10.4 Å². The second-order valence-corrected chi connectivity index (χ2v) is 3.01. The molecule has 0 fully saturated rings. The predicted octanol–water partition coefficient (Wildman–Crippen LogP) is 0.350. The van der Waals surface area contributed by atoms with E-state index in [9.17, 15) is 9.59 Å². The number of nitrogens with two attached hydrogens (primary N) is 1. The molecule has 0 saturated heterocycles. The second kappa shape index (κ2) is 4.59. The van der Waals surface area contributed by atoms with Crippen LogP contribution in [0.15, 0.2) is 6.20 Å². The summed E-state index contributed by atoms with van der Waals surface area (Å²) in [5.74, 6) is -0.818. The first-order valence-corrected chi connectivity index (χ1v) is 4.75. The van der Waals surface area contributed by atoms with Crippen LogP contribution < -0.4 is 11.1 Å². The van der Waals surface area contributed by atoms with Crippen molar-refractivity contribution in [2.45, 2.75) is 26.8 Å². The average Bonchev–Trinajstić information content (AvgIpc) is 2.61. The van der Waals surface area contributed by atoms with Gasteiger partial charge in [-0.1, -0.05) is 6.92 Å². The summed E-state index contributed by atoms with van der Waals surface area (Å²) in [6, 6.07) is 0. The number of rotatable bonds is 4. The number of hydrogen-bond acceptors (Lipinski definition) is 3. The molecule has 0 bridgehead atoms. The van der Waals surface area contributed by atoms with E-state index < -0.39 is 5.91 Å². The Balaban J connectivity index is 2.98. The van der Waals surface area contributed by atoms with Crippen LogP contribution in [0, 0.1) is 0 Å². The molecule has 1 aromatic rings. The maximum atomic E-state index is 11.2. The van der Waals surface area contributed by atoms with Crippen molar-refractivity contribution in [3.8, 4) is 0 Å². The number of carbonyl (C=O) groups excluding carboxylic acids is 2. The Labute approximate surface area is 87.4 Å². The van der Waals surface area contributed by atoms with E-state index in [0.717, 1.165) is 0 Å². The van der Waals surface area contributed by atoms with Gasteiger partial charge in [-0.2, -0.15) is 5.10 Å². The lowest BCUT2D eigenvalue weighted by Gasteiger charge is -2.00. The Morgan fingerprint density at radius 1 is 1.53 bits per heavy atom. The van der Waals surface area contributed by atoms with Crippen molar-refractivity contribution in [1.29, 1.82) is 0 Å². The number of primary amides is 1. The lowest BCUT2D eigenvalue weighted by Crippen LogP contribution is -2.17. The fourth-order valence-electron chi connectivity index (χ4n) is 1.10. The number of anilines is 1. The van der Waals surface area contributed by atoms with Gasteiger partial charge in [-0.15, -0.1) is 0 Å². The largest absolute Gasteiger partial charge is 0.364 e. The van der Waals surface area contributed by atoms with Gasteiger partial charge >= 0.3 is 0 Å². The molecule has 3 N–H and O–H groups in total. The minimum Gasteiger partial charge on any atom is -0.364 e. The zero-order valence-corrected chi connectivity index (χ0v) is 8.78. The Bertz CT molecular complexity index is 383. The number of nitrogens with one attached hydrogen (secondary N) is 1. The van der Waals surface area contributed by atoms with E-state index in [-0.39, 0.29) is 11.6 Å². The van der Waals surface area contributed by atoms with Crippen LogP contribution in [0.1, 0.15) is 30.8 Å². The Hall–Kier alpha value is -1.85. The Kier molecular flexibility index (Phi) is 3.43. The smallest absolute Gasteiger partial charge is 0.271 e. The van der Waals surface area contributed by atoms with Crippen LogP contribution in [-0.4, -0.2) is 21.6 Å². The molecule has 0 aliphatic rings. The van der Waals surface area contributed by atoms with Crippen molar-refractivity contribution in [3.05, 3.63) is 11.9 Å². The van der Waals surface area contributed by atoms with Crippen molar-refractivity contribution in [3.63, 3.8) is 0 Å². The lowest BCUT2D eigenvalue weighted by atomic mass is 10.3. The van der Waals surface area contributed by atoms with Crippen molar-refractivity contribution in [2.75, 3.05) is 5.32 Å². The van der Waals surface area contributed by atoms with Gasteiger partial charge in [0.05, 0.1) is 5.69 Å². The van der Waals surface area contributed by atoms with Crippen LogP contribution >= 0.6 is 0 Å². The summed E-state index contributed by atoms with van der Waals surface area (Å²) < 4.78 is 1.55.